The molecular formula is C10H18O. The second-order valence-electron chi connectivity index (χ2n) is 3.97. The summed E-state index contributed by atoms with van der Waals surface area (Å²) in [6.45, 7) is 6.46. The fourth-order valence-electron chi connectivity index (χ4n) is 1.78. The largest absolute Gasteiger partial charge is 0.392 e. The van der Waals surface area contributed by atoms with Crippen LogP contribution in [0.4, 0.5) is 0 Å². The second-order valence-corrected chi connectivity index (χ2v) is 3.97. The van der Waals surface area contributed by atoms with E-state index in [1.54, 1.807) is 0 Å². The molecule has 0 saturated heterocycles. The maximum absolute atomic E-state index is 9.67. The van der Waals surface area contributed by atoms with Crippen LogP contribution >= 0.6 is 0 Å². The van der Waals surface area contributed by atoms with Gasteiger partial charge in [0.05, 0.1) is 6.10 Å². The van der Waals surface area contributed by atoms with Crippen LogP contribution in [0.15, 0.2) is 11.6 Å². The van der Waals surface area contributed by atoms with E-state index in [2.05, 4.69) is 26.8 Å². The Hall–Kier alpha value is -0.300. The molecular weight excluding hydrogens is 136 g/mol. The van der Waals surface area contributed by atoms with E-state index in [9.17, 15) is 5.11 Å². The maximum atomic E-state index is 9.67. The predicted octanol–water partition coefficient (Wildman–Crippen LogP) is 2.36. The zero-order chi connectivity index (χ0) is 8.43. The Morgan fingerprint density at radius 3 is 2.64 bits per heavy atom. The van der Waals surface area contributed by atoms with Gasteiger partial charge in [-0.1, -0.05) is 25.5 Å². The molecule has 0 unspecified atom stereocenters. The molecule has 0 fully saturated rings. The van der Waals surface area contributed by atoms with Gasteiger partial charge in [-0.3, -0.25) is 0 Å². The molecule has 0 saturated carbocycles. The van der Waals surface area contributed by atoms with Crippen LogP contribution in [0.3, 0.4) is 0 Å². The van der Waals surface area contributed by atoms with Crippen molar-refractivity contribution in [1.82, 2.24) is 0 Å². The van der Waals surface area contributed by atoms with Crippen LogP contribution < -0.4 is 0 Å². The van der Waals surface area contributed by atoms with Crippen LogP contribution in [0.5, 0.6) is 0 Å². The Morgan fingerprint density at radius 2 is 2.18 bits per heavy atom. The predicted molar refractivity (Wildman–Crippen MR) is 47.3 cm³/mol. The summed E-state index contributed by atoms with van der Waals surface area (Å²) in [6, 6.07) is 0. The molecule has 0 aliphatic heterocycles. The highest BCUT2D eigenvalue weighted by Crippen LogP contribution is 2.29. The lowest BCUT2D eigenvalue weighted by molar-refractivity contribution is 0.0768. The topological polar surface area (TPSA) is 20.2 Å². The standard InChI is InChI=1S/C10H18O/c1-7(2)9-5-4-8(3)6-10(9)11/h4,7,9-11H,5-6H2,1-3H3/t9-,10-/m0/s1. The van der Waals surface area contributed by atoms with E-state index in [1.807, 2.05) is 0 Å². The fraction of sp³-hybridized carbons (Fsp3) is 0.800. The summed E-state index contributed by atoms with van der Waals surface area (Å²) in [6.07, 6.45) is 4.10. The summed E-state index contributed by atoms with van der Waals surface area (Å²) in [5.74, 6) is 1.09. The average Bonchev–Trinajstić information content (AvgIpc) is 1.85. The van der Waals surface area contributed by atoms with Crippen molar-refractivity contribution in [3.05, 3.63) is 11.6 Å². The van der Waals surface area contributed by atoms with E-state index in [0.717, 1.165) is 12.8 Å². The molecule has 0 spiro atoms. The highest BCUT2D eigenvalue weighted by molar-refractivity contribution is 5.06. The van der Waals surface area contributed by atoms with Crippen LogP contribution in [0.25, 0.3) is 0 Å². The molecule has 2 atom stereocenters. The van der Waals surface area contributed by atoms with Crippen LogP contribution in [0, 0.1) is 11.8 Å². The van der Waals surface area contributed by atoms with Gasteiger partial charge in [0, 0.05) is 0 Å². The van der Waals surface area contributed by atoms with Crippen molar-refractivity contribution >= 4 is 0 Å². The Bertz CT molecular complexity index is 158. The molecule has 11 heavy (non-hydrogen) atoms. The fourth-order valence-corrected chi connectivity index (χ4v) is 1.78. The van der Waals surface area contributed by atoms with Gasteiger partial charge in [0.1, 0.15) is 0 Å². The Labute approximate surface area is 69.1 Å². The molecule has 1 rings (SSSR count). The number of aliphatic hydroxyl groups excluding tert-OH is 1. The number of hydrogen-bond donors (Lipinski definition) is 1. The van der Waals surface area contributed by atoms with Gasteiger partial charge in [-0.15, -0.1) is 0 Å². The first-order valence-corrected chi connectivity index (χ1v) is 4.45. The lowest BCUT2D eigenvalue weighted by atomic mass is 9.80. The monoisotopic (exact) mass is 154 g/mol. The first-order valence-electron chi connectivity index (χ1n) is 4.45. The first-order chi connectivity index (χ1) is 5.11. The van der Waals surface area contributed by atoms with Crippen molar-refractivity contribution < 1.29 is 5.11 Å². The molecule has 0 bridgehead atoms. The van der Waals surface area contributed by atoms with Crippen LogP contribution in [0.2, 0.25) is 0 Å². The third-order valence-electron chi connectivity index (χ3n) is 2.62. The summed E-state index contributed by atoms with van der Waals surface area (Å²) in [7, 11) is 0. The molecule has 0 radical (unpaired) electrons. The Morgan fingerprint density at radius 1 is 1.55 bits per heavy atom. The smallest absolute Gasteiger partial charge is 0.0610 e. The van der Waals surface area contributed by atoms with E-state index in [1.165, 1.54) is 5.57 Å². The Balaban J connectivity index is 2.58. The third kappa shape index (κ3) is 2.06. The first kappa shape index (κ1) is 8.79. The zero-order valence-electron chi connectivity index (χ0n) is 7.67. The summed E-state index contributed by atoms with van der Waals surface area (Å²) < 4.78 is 0. The second kappa shape index (κ2) is 3.40. The maximum Gasteiger partial charge on any atom is 0.0610 e. The highest BCUT2D eigenvalue weighted by Gasteiger charge is 2.24. The Kier molecular flexibility index (Phi) is 2.72. The van der Waals surface area contributed by atoms with Crippen molar-refractivity contribution in [2.45, 2.75) is 39.7 Å². The minimum Gasteiger partial charge on any atom is -0.392 e. The number of rotatable bonds is 1. The molecule has 1 nitrogen and oxygen atoms in total. The van der Waals surface area contributed by atoms with Crippen molar-refractivity contribution in [1.29, 1.82) is 0 Å². The van der Waals surface area contributed by atoms with Crippen LogP contribution in [0.1, 0.15) is 33.6 Å². The number of allylic oxidation sites excluding steroid dienone is 1. The van der Waals surface area contributed by atoms with Gasteiger partial charge in [0.15, 0.2) is 0 Å². The van der Waals surface area contributed by atoms with Gasteiger partial charge < -0.3 is 5.11 Å². The van der Waals surface area contributed by atoms with Crippen molar-refractivity contribution in [2.24, 2.45) is 11.8 Å². The van der Waals surface area contributed by atoms with E-state index >= 15 is 0 Å². The van der Waals surface area contributed by atoms with E-state index in [4.69, 9.17) is 0 Å². The summed E-state index contributed by atoms with van der Waals surface area (Å²) in [5.41, 5.74) is 1.34. The van der Waals surface area contributed by atoms with Gasteiger partial charge in [0.25, 0.3) is 0 Å². The minimum absolute atomic E-state index is 0.0972. The molecule has 1 heteroatoms. The summed E-state index contributed by atoms with van der Waals surface area (Å²) in [5, 5.41) is 9.67. The zero-order valence-corrected chi connectivity index (χ0v) is 7.67. The molecule has 0 aromatic carbocycles. The normalized spacial score (nSPS) is 32.3. The van der Waals surface area contributed by atoms with E-state index < -0.39 is 0 Å². The quantitative estimate of drug-likeness (QED) is 0.575. The molecule has 0 heterocycles. The van der Waals surface area contributed by atoms with Gasteiger partial charge in [-0.25, -0.2) is 0 Å². The summed E-state index contributed by atoms with van der Waals surface area (Å²) in [4.78, 5) is 0. The van der Waals surface area contributed by atoms with Crippen molar-refractivity contribution in [3.63, 3.8) is 0 Å². The van der Waals surface area contributed by atoms with Crippen molar-refractivity contribution in [2.75, 3.05) is 0 Å². The highest BCUT2D eigenvalue weighted by atomic mass is 16.3. The number of hydrogen-bond acceptors (Lipinski definition) is 1. The number of aliphatic hydroxyl groups is 1. The SMILES string of the molecule is CC1=CC[C@@H](C(C)C)[C@@H](O)C1. The van der Waals surface area contributed by atoms with E-state index in [-0.39, 0.29) is 6.10 Å². The van der Waals surface area contributed by atoms with E-state index in [0.29, 0.717) is 11.8 Å². The van der Waals surface area contributed by atoms with Gasteiger partial charge >= 0.3 is 0 Å². The molecule has 0 amide bonds. The molecule has 0 aromatic heterocycles. The van der Waals surface area contributed by atoms with Crippen LogP contribution in [-0.4, -0.2) is 11.2 Å². The van der Waals surface area contributed by atoms with Gasteiger partial charge in [-0.2, -0.15) is 0 Å². The summed E-state index contributed by atoms with van der Waals surface area (Å²) >= 11 is 0. The van der Waals surface area contributed by atoms with Crippen LogP contribution in [-0.2, 0) is 0 Å². The molecule has 64 valence electrons. The molecule has 1 aliphatic carbocycles. The van der Waals surface area contributed by atoms with Gasteiger partial charge in [-0.05, 0) is 31.6 Å². The van der Waals surface area contributed by atoms with Crippen molar-refractivity contribution in [3.8, 4) is 0 Å². The third-order valence-corrected chi connectivity index (χ3v) is 2.62. The minimum atomic E-state index is -0.0972. The lowest BCUT2D eigenvalue weighted by Crippen LogP contribution is -2.27. The lowest BCUT2D eigenvalue weighted by Gasteiger charge is -2.29. The average molecular weight is 154 g/mol. The molecule has 1 aliphatic rings. The van der Waals surface area contributed by atoms with Gasteiger partial charge in [0.2, 0.25) is 0 Å². The molecule has 0 aromatic rings. The molecule has 1 N–H and O–H groups in total.